The Labute approximate surface area is 63.2 Å². The molecule has 0 aromatic heterocycles. The van der Waals surface area contributed by atoms with Crippen molar-refractivity contribution >= 4 is 18.3 Å². The summed E-state index contributed by atoms with van der Waals surface area (Å²) in [7, 11) is 0. The Balaban J connectivity index is 3.00. The van der Waals surface area contributed by atoms with Crippen molar-refractivity contribution in [3.8, 4) is 0 Å². The van der Waals surface area contributed by atoms with Crippen molar-refractivity contribution in [3.63, 3.8) is 0 Å². The quantitative estimate of drug-likeness (QED) is 0.480. The van der Waals surface area contributed by atoms with Crippen molar-refractivity contribution in [1.82, 2.24) is 0 Å². The Morgan fingerprint density at radius 2 is 1.80 bits per heavy atom. The summed E-state index contributed by atoms with van der Waals surface area (Å²) in [4.78, 5) is 10.8. The molecule has 1 N–H and O–H groups in total. The van der Waals surface area contributed by atoms with Gasteiger partial charge in [-0.15, -0.1) is 12.6 Å². The van der Waals surface area contributed by atoms with Gasteiger partial charge in [0.1, 0.15) is 0 Å². The van der Waals surface area contributed by atoms with Crippen LogP contribution in [0.3, 0.4) is 0 Å². The molecule has 0 radical (unpaired) electrons. The van der Waals surface area contributed by atoms with Gasteiger partial charge in [-0.25, -0.2) is 5.21 Å². The standard InChI is InChI=1S/C6H5NO2S/c8-7(9)5-1-3-6(10)4-2-5/h1-4H,(H-,8,9,10)/p+1. The molecule has 1 rings (SSSR count). The van der Waals surface area contributed by atoms with E-state index in [9.17, 15) is 4.91 Å². The Morgan fingerprint density at radius 1 is 1.30 bits per heavy atom. The molecule has 4 heteroatoms. The van der Waals surface area contributed by atoms with Crippen LogP contribution in [0.5, 0.6) is 0 Å². The number of hydrogen-bond donors (Lipinski definition) is 2. The molecule has 0 bridgehead atoms. The maximum Gasteiger partial charge on any atom is 0.316 e. The van der Waals surface area contributed by atoms with Crippen LogP contribution in [0.15, 0.2) is 29.2 Å². The van der Waals surface area contributed by atoms with Gasteiger partial charge in [0, 0.05) is 17.0 Å². The summed E-state index contributed by atoms with van der Waals surface area (Å²) in [6.45, 7) is 0. The Morgan fingerprint density at radius 3 is 2.20 bits per heavy atom. The summed E-state index contributed by atoms with van der Waals surface area (Å²) >= 11 is 4.00. The van der Waals surface area contributed by atoms with E-state index in [2.05, 4.69) is 12.6 Å². The normalized spacial score (nSPS) is 9.30. The van der Waals surface area contributed by atoms with Crippen molar-refractivity contribution in [1.29, 1.82) is 0 Å². The second-order valence-electron chi connectivity index (χ2n) is 1.79. The lowest BCUT2D eigenvalue weighted by molar-refractivity contribution is -0.729. The molecule has 0 amide bonds. The Kier molecular flexibility index (Phi) is 1.91. The number of thiol groups is 1. The van der Waals surface area contributed by atoms with Crippen LogP contribution in [-0.2, 0) is 0 Å². The van der Waals surface area contributed by atoms with Gasteiger partial charge in [-0.05, 0) is 12.1 Å². The van der Waals surface area contributed by atoms with Crippen LogP contribution in [0.1, 0.15) is 0 Å². The Bertz CT molecular complexity index is 244. The molecule has 0 aliphatic heterocycles. The lowest BCUT2D eigenvalue weighted by atomic mass is 10.3. The van der Waals surface area contributed by atoms with Crippen molar-refractivity contribution < 1.29 is 10.1 Å². The molecule has 0 aliphatic rings. The third-order valence-electron chi connectivity index (χ3n) is 1.07. The zero-order valence-electron chi connectivity index (χ0n) is 5.06. The van der Waals surface area contributed by atoms with Gasteiger partial charge in [0.2, 0.25) is 0 Å². The Hall–Kier alpha value is -1.03. The highest BCUT2D eigenvalue weighted by atomic mass is 32.1. The van der Waals surface area contributed by atoms with Gasteiger partial charge in [-0.2, -0.15) is 0 Å². The third kappa shape index (κ3) is 1.48. The number of rotatable bonds is 1. The molecule has 0 saturated carbocycles. The van der Waals surface area contributed by atoms with Crippen LogP contribution in [0, 0.1) is 4.91 Å². The van der Waals surface area contributed by atoms with Crippen molar-refractivity contribution in [3.05, 3.63) is 29.2 Å². The summed E-state index contributed by atoms with van der Waals surface area (Å²) in [6, 6.07) is 6.21. The number of benzene rings is 1. The largest absolute Gasteiger partial charge is 0.316 e. The van der Waals surface area contributed by atoms with Crippen LogP contribution < -0.4 is 0 Å². The highest BCUT2D eigenvalue weighted by Gasteiger charge is 2.08. The molecule has 0 unspecified atom stereocenters. The lowest BCUT2D eigenvalue weighted by Crippen LogP contribution is -1.89. The van der Waals surface area contributed by atoms with Gasteiger partial charge in [0.15, 0.2) is 0 Å². The predicted molar refractivity (Wildman–Crippen MR) is 38.8 cm³/mol. The molecular formula is C6H6NO2S+. The van der Waals surface area contributed by atoms with E-state index < -0.39 is 0 Å². The van der Waals surface area contributed by atoms with E-state index in [1.807, 2.05) is 0 Å². The average molecular weight is 156 g/mol. The van der Waals surface area contributed by atoms with Crippen molar-refractivity contribution in [2.75, 3.05) is 0 Å². The van der Waals surface area contributed by atoms with Gasteiger partial charge in [0.05, 0.1) is 4.91 Å². The fourth-order valence-corrected chi connectivity index (χ4v) is 0.729. The summed E-state index contributed by atoms with van der Waals surface area (Å²) in [5.41, 5.74) is 0.206. The van der Waals surface area contributed by atoms with Gasteiger partial charge in [-0.1, -0.05) is 0 Å². The molecule has 10 heavy (non-hydrogen) atoms. The molecule has 0 aliphatic carbocycles. The zero-order chi connectivity index (χ0) is 7.56. The summed E-state index contributed by atoms with van der Waals surface area (Å²) in [5, 5.41) is 8.37. The molecule has 0 spiro atoms. The van der Waals surface area contributed by atoms with Gasteiger partial charge in [0.25, 0.3) is 4.92 Å². The maximum atomic E-state index is 10.2. The van der Waals surface area contributed by atoms with Crippen LogP contribution in [0.2, 0.25) is 0 Å². The molecular weight excluding hydrogens is 150 g/mol. The maximum absolute atomic E-state index is 10.2. The first-order valence-electron chi connectivity index (χ1n) is 2.65. The summed E-state index contributed by atoms with van der Waals surface area (Å²) < 4.78 is 0. The first-order chi connectivity index (χ1) is 4.70. The molecule has 0 fully saturated rings. The van der Waals surface area contributed by atoms with Crippen LogP contribution >= 0.6 is 12.6 Å². The minimum absolute atomic E-state index is 0.187. The van der Waals surface area contributed by atoms with Crippen LogP contribution in [0.25, 0.3) is 0 Å². The van der Waals surface area contributed by atoms with E-state index in [0.29, 0.717) is 0 Å². The molecule has 0 heterocycles. The topological polar surface area (TPSA) is 40.3 Å². The van der Waals surface area contributed by atoms with Gasteiger partial charge < -0.3 is 0 Å². The fourth-order valence-electron chi connectivity index (χ4n) is 0.580. The predicted octanol–water partition coefficient (Wildman–Crippen LogP) is 1.77. The van der Waals surface area contributed by atoms with E-state index in [0.717, 1.165) is 4.90 Å². The third-order valence-corrected chi connectivity index (χ3v) is 1.37. The summed E-state index contributed by atoms with van der Waals surface area (Å²) in [6.07, 6.45) is 0. The first kappa shape index (κ1) is 7.08. The lowest BCUT2D eigenvalue weighted by Gasteiger charge is -1.85. The first-order valence-corrected chi connectivity index (χ1v) is 3.10. The van der Waals surface area contributed by atoms with E-state index in [1.165, 1.54) is 12.1 Å². The second-order valence-corrected chi connectivity index (χ2v) is 2.31. The van der Waals surface area contributed by atoms with Crippen molar-refractivity contribution in [2.24, 2.45) is 0 Å². The number of nitrogens with zero attached hydrogens (tertiary/aromatic N) is 1. The second kappa shape index (κ2) is 2.70. The highest BCUT2D eigenvalue weighted by molar-refractivity contribution is 7.80. The highest BCUT2D eigenvalue weighted by Crippen LogP contribution is 2.12. The molecule has 0 atom stereocenters. The van der Waals surface area contributed by atoms with E-state index in [1.54, 1.807) is 12.1 Å². The smallest absolute Gasteiger partial charge is 0.241 e. The van der Waals surface area contributed by atoms with E-state index in [4.69, 9.17) is 5.21 Å². The SMILES string of the molecule is O=[N+](O)c1ccc(S)cc1. The van der Waals surface area contributed by atoms with E-state index in [-0.39, 0.29) is 10.6 Å². The minimum Gasteiger partial charge on any atom is -0.241 e. The molecule has 52 valence electrons. The minimum atomic E-state index is -0.187. The fraction of sp³-hybridized carbons (Fsp3) is 0. The summed E-state index contributed by atoms with van der Waals surface area (Å²) in [5.74, 6) is 0. The number of hydrogen-bond acceptors (Lipinski definition) is 2. The molecule has 0 saturated heterocycles. The molecule has 3 nitrogen and oxygen atoms in total. The van der Waals surface area contributed by atoms with Crippen LogP contribution in [-0.4, -0.2) is 10.1 Å². The van der Waals surface area contributed by atoms with Crippen molar-refractivity contribution in [2.45, 2.75) is 4.90 Å². The zero-order valence-corrected chi connectivity index (χ0v) is 5.95. The van der Waals surface area contributed by atoms with Gasteiger partial charge in [-0.3, -0.25) is 0 Å². The molecule has 1 aromatic carbocycles. The molecule has 1 aromatic rings. The average Bonchev–Trinajstić information content (AvgIpc) is 1.88. The van der Waals surface area contributed by atoms with Gasteiger partial charge >= 0.3 is 5.69 Å². The monoisotopic (exact) mass is 156 g/mol. The van der Waals surface area contributed by atoms with Crippen LogP contribution in [0.4, 0.5) is 5.69 Å². The van der Waals surface area contributed by atoms with E-state index >= 15 is 0 Å².